The van der Waals surface area contributed by atoms with Crippen LogP contribution in [0.2, 0.25) is 40.2 Å². The molecule has 6 atom stereocenters. The fourth-order valence-electron chi connectivity index (χ4n) is 13.1. The number of amides is 6. The van der Waals surface area contributed by atoms with E-state index in [0.717, 1.165) is 48.9 Å². The lowest BCUT2D eigenvalue weighted by molar-refractivity contribution is -0.130. The second-order valence-corrected chi connectivity index (χ2v) is 32.9. The number of hydrogen-bond donors (Lipinski definition) is 3. The van der Waals surface area contributed by atoms with Gasteiger partial charge in [-0.3, -0.25) is 33.8 Å². The standard InChI is InChI=1S/C30H24Cl3N3O2S.C27H25Cl3N2O3S.C23H26Cl2N2O3S/c31-22-8-4-20(5-9-22)19-36-27(37)17-30(39-26-14-12-24(33)13-15-26,28(36)21-6-10-23(32)11-7-21)29(38)35-18-25-3-1-2-16-34-25;1-35-15-14-31-26(34)27(36-23-12-10-22(30)11-13-23)16-24(33)32(17-18-2-6-20(28)7-3-18)25(27)19-4-8-21(29)9-5-19;1-3-31-23(22(29)26-12-13-30-2)14-20(28)27(15-16-4-8-18(24)9-5-16)21(23)17-6-10-19(25)11-7-17/h1-16,28H,17-19H2,(H,35,38);2-13,25H,14-17H2,1H3,(H,31,34);4-11,21H,3,12-15H2,1-2H3,(H,26,29). The number of nitrogens with one attached hydrogen (secondary N) is 3. The van der Waals surface area contributed by atoms with Crippen LogP contribution in [0.3, 0.4) is 0 Å². The number of nitrogens with zero attached hydrogens (tertiary/aromatic N) is 4. The minimum atomic E-state index is -1.18. The first-order chi connectivity index (χ1) is 51.1. The predicted octanol–water partition coefficient (Wildman–Crippen LogP) is 18.5. The number of hydrogen-bond acceptors (Lipinski definition) is 12. The zero-order valence-corrected chi connectivity index (χ0v) is 66.3. The highest BCUT2D eigenvalue weighted by molar-refractivity contribution is 8.02. The summed E-state index contributed by atoms with van der Waals surface area (Å²) in [4.78, 5) is 93.6. The summed E-state index contributed by atoms with van der Waals surface area (Å²) in [6.45, 7) is 4.77. The molecule has 3 saturated heterocycles. The van der Waals surface area contributed by atoms with E-state index in [1.165, 1.54) is 35.3 Å². The van der Waals surface area contributed by atoms with Gasteiger partial charge in [-0.05, 0) is 173 Å². The van der Waals surface area contributed by atoms with Crippen molar-refractivity contribution in [2.24, 2.45) is 0 Å². The molecule has 8 aromatic carbocycles. The molecule has 12 rings (SSSR count). The van der Waals surface area contributed by atoms with E-state index < -0.39 is 32.4 Å². The Morgan fingerprint density at radius 3 is 1.02 bits per heavy atom. The van der Waals surface area contributed by atoms with E-state index in [1.54, 1.807) is 132 Å². The van der Waals surface area contributed by atoms with E-state index in [0.29, 0.717) is 91.9 Å². The Bertz CT molecular complexity index is 4460. The second-order valence-electron chi connectivity index (χ2n) is 25.1. The van der Waals surface area contributed by atoms with Crippen LogP contribution in [0.5, 0.6) is 0 Å². The minimum absolute atomic E-state index is 0.00915. The van der Waals surface area contributed by atoms with Crippen molar-refractivity contribution in [3.63, 3.8) is 0 Å². The molecule has 1 aromatic heterocycles. The quantitative estimate of drug-likeness (QED) is 0.0438. The van der Waals surface area contributed by atoms with Gasteiger partial charge < -0.3 is 40.1 Å². The summed E-state index contributed by atoms with van der Waals surface area (Å²) >= 11 is 53.3. The normalized spacial score (nSPS) is 19.6. The number of likely N-dealkylation sites (tertiary alicyclic amines) is 3. The SMILES string of the molecule is CCSC1(C(=O)NCCOC)CC(=O)N(Cc2ccc(Cl)cc2)C1c1ccc(Cl)cc1.COCCNC(=O)C1(Sc2ccc(Cl)cc2)CC(=O)N(Cc2ccc(Cl)cc2)C1c1ccc(Cl)cc1.O=C1CC(Sc2ccc(Cl)cc2)(C(=O)NCc2ccccn2)C(c2ccc(Cl)cc2)N1Cc1ccc(Cl)cc1. The highest BCUT2D eigenvalue weighted by Gasteiger charge is 2.60. The first-order valence-corrected chi connectivity index (χ1v) is 39.4. The molecule has 6 unspecified atom stereocenters. The molecule has 0 aliphatic carbocycles. The summed E-state index contributed by atoms with van der Waals surface area (Å²) in [6, 6.07) is 62.7. The van der Waals surface area contributed by atoms with Crippen LogP contribution < -0.4 is 16.0 Å². The van der Waals surface area contributed by atoms with Crippen molar-refractivity contribution in [2.75, 3.05) is 46.3 Å². The molecule has 3 N–H and O–H groups in total. The van der Waals surface area contributed by atoms with Gasteiger partial charge in [0.15, 0.2) is 0 Å². The maximum absolute atomic E-state index is 14.2. The average molecular weight is 1640 g/mol. The summed E-state index contributed by atoms with van der Waals surface area (Å²) in [5, 5.41) is 13.8. The first kappa shape index (κ1) is 81.5. The number of aromatic nitrogens is 1. The van der Waals surface area contributed by atoms with Crippen molar-refractivity contribution >= 4 is 164 Å². The molecule has 3 aliphatic heterocycles. The molecule has 3 fully saturated rings. The third-order valence-corrected chi connectivity index (χ3v) is 24.2. The summed E-state index contributed by atoms with van der Waals surface area (Å²) in [6.07, 6.45) is 1.85. The van der Waals surface area contributed by atoms with Gasteiger partial charge >= 0.3 is 0 Å². The highest BCUT2D eigenvalue weighted by atomic mass is 35.5. The van der Waals surface area contributed by atoms with Crippen LogP contribution in [-0.4, -0.2) is 116 Å². The fraction of sp³-hybridized carbons (Fsp3) is 0.263. The van der Waals surface area contributed by atoms with Gasteiger partial charge in [-0.25, -0.2) is 0 Å². The van der Waals surface area contributed by atoms with Crippen molar-refractivity contribution in [3.8, 4) is 0 Å². The van der Waals surface area contributed by atoms with Crippen LogP contribution in [0.1, 0.15) is 83.4 Å². The lowest BCUT2D eigenvalue weighted by Crippen LogP contribution is -2.49. The van der Waals surface area contributed by atoms with E-state index in [1.807, 2.05) is 122 Å². The number of rotatable bonds is 26. The molecule has 0 saturated carbocycles. The zero-order chi connectivity index (χ0) is 75.5. The maximum atomic E-state index is 14.2. The molecule has 552 valence electrons. The Balaban J connectivity index is 0.000000171. The third-order valence-electron chi connectivity index (χ3n) is 17.9. The van der Waals surface area contributed by atoms with Gasteiger partial charge in [0, 0.05) is 103 Å². The van der Waals surface area contributed by atoms with Gasteiger partial charge in [0.2, 0.25) is 35.4 Å². The molecule has 6 amide bonds. The molecule has 0 bridgehead atoms. The Morgan fingerprint density at radius 1 is 0.415 bits per heavy atom. The third kappa shape index (κ3) is 20.5. The van der Waals surface area contributed by atoms with Crippen molar-refractivity contribution in [1.82, 2.24) is 35.6 Å². The van der Waals surface area contributed by atoms with Crippen LogP contribution in [0.25, 0.3) is 0 Å². The Kier molecular flexibility index (Phi) is 29.5. The summed E-state index contributed by atoms with van der Waals surface area (Å²) < 4.78 is 6.95. The number of benzene rings is 8. The minimum Gasteiger partial charge on any atom is -0.383 e. The molecule has 15 nitrogen and oxygen atoms in total. The number of halogens is 8. The first-order valence-electron chi connectivity index (χ1n) is 33.7. The van der Waals surface area contributed by atoms with Crippen molar-refractivity contribution in [3.05, 3.63) is 298 Å². The number of thioether (sulfide) groups is 3. The molecule has 3 aliphatic rings. The number of carbonyl (C=O) groups excluding carboxylic acids is 6. The Hall–Kier alpha value is -6.98. The number of carbonyl (C=O) groups is 6. The molecule has 0 spiro atoms. The van der Waals surface area contributed by atoms with E-state index in [9.17, 15) is 28.8 Å². The molecule has 0 radical (unpaired) electrons. The molecular formula is C80H75Cl8N7O8S3. The number of pyridine rings is 1. The predicted molar refractivity (Wildman–Crippen MR) is 429 cm³/mol. The summed E-state index contributed by atoms with van der Waals surface area (Å²) in [7, 11) is 3.17. The zero-order valence-electron chi connectivity index (χ0n) is 57.8. The lowest BCUT2D eigenvalue weighted by atomic mass is 9.91. The number of methoxy groups -OCH3 is 2. The largest absolute Gasteiger partial charge is 0.383 e. The van der Waals surface area contributed by atoms with E-state index >= 15 is 0 Å². The molecule has 26 heteroatoms. The lowest BCUT2D eigenvalue weighted by Gasteiger charge is -2.36. The van der Waals surface area contributed by atoms with Crippen LogP contribution >= 0.6 is 128 Å². The molecule has 9 aromatic rings. The highest BCUT2D eigenvalue weighted by Crippen LogP contribution is 2.56. The topological polar surface area (TPSA) is 180 Å². The Morgan fingerprint density at radius 2 is 0.708 bits per heavy atom. The van der Waals surface area contributed by atoms with E-state index in [2.05, 4.69) is 20.9 Å². The number of ether oxygens (including phenoxy) is 2. The van der Waals surface area contributed by atoms with Gasteiger partial charge in [0.25, 0.3) is 0 Å². The summed E-state index contributed by atoms with van der Waals surface area (Å²) in [5.41, 5.74) is 6.02. The van der Waals surface area contributed by atoms with Crippen LogP contribution in [0.15, 0.2) is 228 Å². The molecule has 4 heterocycles. The smallest absolute Gasteiger partial charge is 0.239 e. The van der Waals surface area contributed by atoms with Crippen molar-refractivity contribution in [1.29, 1.82) is 0 Å². The summed E-state index contributed by atoms with van der Waals surface area (Å²) in [5.74, 6) is -0.232. The Labute approximate surface area is 670 Å². The van der Waals surface area contributed by atoms with Crippen molar-refractivity contribution < 1.29 is 38.2 Å². The molecule has 106 heavy (non-hydrogen) atoms. The van der Waals surface area contributed by atoms with Gasteiger partial charge in [0.05, 0.1) is 62.8 Å². The van der Waals surface area contributed by atoms with Gasteiger partial charge in [-0.2, -0.15) is 0 Å². The van der Waals surface area contributed by atoms with Crippen molar-refractivity contribution in [2.45, 2.75) is 94.5 Å². The maximum Gasteiger partial charge on any atom is 0.239 e. The van der Waals surface area contributed by atoms with E-state index in [-0.39, 0.29) is 61.3 Å². The van der Waals surface area contributed by atoms with Crippen LogP contribution in [-0.2, 0) is 64.4 Å². The van der Waals surface area contributed by atoms with Crippen LogP contribution in [0.4, 0.5) is 0 Å². The van der Waals surface area contributed by atoms with E-state index in [4.69, 9.17) is 102 Å². The van der Waals surface area contributed by atoms with Gasteiger partial charge in [-0.1, -0.05) is 179 Å². The monoisotopic (exact) mass is 1640 g/mol. The fourth-order valence-corrected chi connectivity index (χ4v) is 18.3. The molecular weight excluding hydrogens is 1570 g/mol. The van der Waals surface area contributed by atoms with Gasteiger partial charge in [0.1, 0.15) is 14.2 Å². The van der Waals surface area contributed by atoms with Crippen LogP contribution in [0, 0.1) is 0 Å². The average Bonchev–Trinajstić information content (AvgIpc) is 1.59. The van der Waals surface area contributed by atoms with Gasteiger partial charge in [-0.15, -0.1) is 35.3 Å². The second kappa shape index (κ2) is 38.4.